The van der Waals surface area contributed by atoms with Crippen LogP contribution < -0.4 is 10.1 Å². The summed E-state index contributed by atoms with van der Waals surface area (Å²) in [5.41, 5.74) is 1.35. The Bertz CT molecular complexity index is 937. The fraction of sp³-hybridized carbons (Fsp3) is 0.200. The Morgan fingerprint density at radius 3 is 2.39 bits per heavy atom. The third-order valence-electron chi connectivity index (χ3n) is 3.87. The van der Waals surface area contributed by atoms with Gasteiger partial charge in [0, 0.05) is 6.07 Å². The number of aromatic nitrogens is 1. The van der Waals surface area contributed by atoms with E-state index in [4.69, 9.17) is 20.9 Å². The van der Waals surface area contributed by atoms with Crippen molar-refractivity contribution in [2.75, 3.05) is 20.7 Å². The van der Waals surface area contributed by atoms with Crippen LogP contribution in [-0.4, -0.2) is 42.4 Å². The second-order valence-electron chi connectivity index (χ2n) is 5.65. The van der Waals surface area contributed by atoms with Crippen molar-refractivity contribution in [2.45, 2.75) is 6.92 Å². The van der Waals surface area contributed by atoms with Gasteiger partial charge in [0.1, 0.15) is 17.2 Å². The molecule has 3 rings (SSSR count). The summed E-state index contributed by atoms with van der Waals surface area (Å²) in [5, 5.41) is 26.3. The van der Waals surface area contributed by atoms with Gasteiger partial charge in [-0.3, -0.25) is 4.79 Å². The second kappa shape index (κ2) is 9.77. The van der Waals surface area contributed by atoms with E-state index in [9.17, 15) is 15.0 Å². The van der Waals surface area contributed by atoms with E-state index in [1.807, 2.05) is 7.05 Å². The molecule has 0 radical (unpaired) electrons. The van der Waals surface area contributed by atoms with Gasteiger partial charge >= 0.3 is 0 Å². The Labute approximate surface area is 167 Å². The smallest absolute Gasteiger partial charge is 0.179 e. The van der Waals surface area contributed by atoms with E-state index in [1.54, 1.807) is 31.4 Å². The highest BCUT2D eigenvalue weighted by Gasteiger charge is 2.22. The van der Waals surface area contributed by atoms with Crippen LogP contribution in [0.4, 0.5) is 0 Å². The first-order valence-corrected chi connectivity index (χ1v) is 8.80. The number of methoxy groups -OCH3 is 1. The molecule has 0 bridgehead atoms. The van der Waals surface area contributed by atoms with E-state index in [-0.39, 0.29) is 33.5 Å². The minimum atomic E-state index is -0.265. The van der Waals surface area contributed by atoms with E-state index in [2.05, 4.69) is 17.4 Å². The van der Waals surface area contributed by atoms with Gasteiger partial charge in [0.15, 0.2) is 17.7 Å². The Morgan fingerprint density at radius 2 is 1.86 bits per heavy atom. The lowest BCUT2D eigenvalue weighted by Crippen LogP contribution is -2.01. The van der Waals surface area contributed by atoms with Gasteiger partial charge in [-0.1, -0.05) is 35.8 Å². The lowest BCUT2D eigenvalue weighted by Gasteiger charge is -2.07. The van der Waals surface area contributed by atoms with E-state index in [0.29, 0.717) is 23.2 Å². The number of benzene rings is 2. The zero-order valence-corrected chi connectivity index (χ0v) is 16.4. The number of halogens is 1. The Balaban J connectivity index is 0.000000640. The van der Waals surface area contributed by atoms with Crippen molar-refractivity contribution in [1.82, 2.24) is 10.5 Å². The largest absolute Gasteiger partial charge is 0.507 e. The number of phenols is 2. The first kappa shape index (κ1) is 21.3. The molecule has 0 unspecified atom stereocenters. The van der Waals surface area contributed by atoms with E-state index in [1.165, 1.54) is 6.07 Å². The highest BCUT2D eigenvalue weighted by molar-refractivity contribution is 6.32. The molecule has 8 heteroatoms. The highest BCUT2D eigenvalue weighted by atomic mass is 35.5. The summed E-state index contributed by atoms with van der Waals surface area (Å²) in [6.45, 7) is 3.14. The predicted molar refractivity (Wildman–Crippen MR) is 107 cm³/mol. The number of phenolic OH excluding ortho intramolecular Hbond substituents is 2. The Morgan fingerprint density at radius 1 is 1.21 bits per heavy atom. The predicted octanol–water partition coefficient (Wildman–Crippen LogP) is 4.12. The van der Waals surface area contributed by atoms with Crippen LogP contribution in [0.3, 0.4) is 0 Å². The molecule has 148 valence electrons. The van der Waals surface area contributed by atoms with Crippen molar-refractivity contribution in [3.8, 4) is 39.7 Å². The first-order chi connectivity index (χ1) is 13.5. The normalized spacial score (nSPS) is 10.1. The fourth-order valence-corrected chi connectivity index (χ4v) is 2.50. The summed E-state index contributed by atoms with van der Waals surface area (Å²) < 4.78 is 10.4. The summed E-state index contributed by atoms with van der Waals surface area (Å²) in [7, 11) is 3.48. The topological polar surface area (TPSA) is 105 Å². The van der Waals surface area contributed by atoms with Crippen molar-refractivity contribution < 1.29 is 24.3 Å². The molecule has 0 aliphatic carbocycles. The van der Waals surface area contributed by atoms with Gasteiger partial charge in [-0.2, -0.15) is 0 Å². The van der Waals surface area contributed by atoms with Crippen molar-refractivity contribution in [3.05, 3.63) is 47.1 Å². The number of nitrogens with zero attached hydrogens (tertiary/aromatic N) is 1. The molecule has 0 aliphatic rings. The monoisotopic (exact) mass is 404 g/mol. The number of hydrogen-bond acceptors (Lipinski definition) is 7. The molecule has 28 heavy (non-hydrogen) atoms. The first-order valence-electron chi connectivity index (χ1n) is 8.42. The molecule has 0 atom stereocenters. The number of carbonyl (C=O) groups excluding carboxylic acids is 1. The molecule has 3 N–H and O–H groups in total. The number of aromatic hydroxyl groups is 2. The van der Waals surface area contributed by atoms with Crippen molar-refractivity contribution in [1.29, 1.82) is 0 Å². The van der Waals surface area contributed by atoms with Gasteiger partial charge < -0.3 is 24.8 Å². The van der Waals surface area contributed by atoms with Crippen LogP contribution in [0, 0.1) is 0 Å². The maximum Gasteiger partial charge on any atom is 0.179 e. The molecule has 0 spiro atoms. The molecule has 0 aliphatic heterocycles. The van der Waals surface area contributed by atoms with Gasteiger partial charge in [0.05, 0.1) is 23.3 Å². The summed E-state index contributed by atoms with van der Waals surface area (Å²) >= 11 is 5.91. The average Bonchev–Trinajstić information content (AvgIpc) is 3.14. The van der Waals surface area contributed by atoms with Crippen LogP contribution in [0.1, 0.15) is 17.4 Å². The quantitative estimate of drug-likeness (QED) is 0.549. The third kappa shape index (κ3) is 4.62. The molecule has 2 aromatic carbocycles. The second-order valence-corrected chi connectivity index (χ2v) is 6.05. The summed E-state index contributed by atoms with van der Waals surface area (Å²) in [6, 6.07) is 9.36. The Kier molecular flexibility index (Phi) is 7.43. The highest BCUT2D eigenvalue weighted by Crippen LogP contribution is 2.42. The lowest BCUT2D eigenvalue weighted by molar-refractivity contribution is 0.111. The van der Waals surface area contributed by atoms with Crippen LogP contribution in [0.2, 0.25) is 5.02 Å². The van der Waals surface area contributed by atoms with Crippen LogP contribution in [0.15, 0.2) is 40.9 Å². The Hall–Kier alpha value is -3.03. The number of ether oxygens (including phenoxy) is 1. The van der Waals surface area contributed by atoms with Gasteiger partial charge in [0.2, 0.25) is 0 Å². The number of carbonyl (C=O) groups is 1. The molecule has 0 amide bonds. The van der Waals surface area contributed by atoms with Gasteiger partial charge in [-0.25, -0.2) is 0 Å². The number of aldehydes is 1. The molecule has 7 nitrogen and oxygen atoms in total. The molecular weight excluding hydrogens is 384 g/mol. The lowest BCUT2D eigenvalue weighted by atomic mass is 9.99. The molecule has 1 aromatic heterocycles. The third-order valence-corrected chi connectivity index (χ3v) is 4.17. The molecule has 0 fully saturated rings. The van der Waals surface area contributed by atoms with Crippen LogP contribution >= 0.6 is 11.6 Å². The SMILES string of the molecule is CCNC.COc1ccc(-c2c(C=O)noc2-c2cc(Cl)c(O)cc2O)cc1. The molecule has 3 aromatic rings. The maximum atomic E-state index is 11.3. The average molecular weight is 405 g/mol. The van der Waals surface area contributed by atoms with E-state index in [0.717, 1.165) is 12.6 Å². The van der Waals surface area contributed by atoms with Gasteiger partial charge in [-0.05, 0) is 37.4 Å². The molecule has 0 saturated heterocycles. The van der Waals surface area contributed by atoms with E-state index >= 15 is 0 Å². The van der Waals surface area contributed by atoms with Gasteiger partial charge in [-0.15, -0.1) is 0 Å². The summed E-state index contributed by atoms with van der Waals surface area (Å²) in [5.74, 6) is 0.306. The summed E-state index contributed by atoms with van der Waals surface area (Å²) in [6.07, 6.45) is 0.561. The standard InChI is InChI=1S/C17H12ClNO5.C3H9N/c1-23-10-4-2-9(3-5-10)16-13(8-20)19-24-17(16)11-6-12(18)15(22)7-14(11)21;1-3-4-2/h2-8,21-22H,1H3;4H,3H2,1-2H3. The maximum absolute atomic E-state index is 11.3. The van der Waals surface area contributed by atoms with E-state index < -0.39 is 0 Å². The van der Waals surface area contributed by atoms with Crippen molar-refractivity contribution in [3.63, 3.8) is 0 Å². The van der Waals surface area contributed by atoms with Crippen molar-refractivity contribution >= 4 is 17.9 Å². The molecular formula is C20H21ClN2O5. The number of hydrogen-bond donors (Lipinski definition) is 3. The number of rotatable bonds is 5. The zero-order valence-electron chi connectivity index (χ0n) is 15.7. The van der Waals surface area contributed by atoms with Gasteiger partial charge in [0.25, 0.3) is 0 Å². The van der Waals surface area contributed by atoms with Crippen LogP contribution in [0.25, 0.3) is 22.5 Å². The van der Waals surface area contributed by atoms with Crippen LogP contribution in [0.5, 0.6) is 17.2 Å². The number of nitrogens with one attached hydrogen (secondary N) is 1. The zero-order chi connectivity index (χ0) is 20.7. The van der Waals surface area contributed by atoms with Crippen LogP contribution in [-0.2, 0) is 0 Å². The molecule has 0 saturated carbocycles. The van der Waals surface area contributed by atoms with Crippen molar-refractivity contribution in [2.24, 2.45) is 0 Å². The molecule has 1 heterocycles. The minimum Gasteiger partial charge on any atom is -0.507 e. The summed E-state index contributed by atoms with van der Waals surface area (Å²) in [4.78, 5) is 11.3. The minimum absolute atomic E-state index is 0.0348. The fourth-order valence-electron chi connectivity index (χ4n) is 2.34.